The number of carbonyl (C=O) groups is 3. The number of hydrogen-bond donors (Lipinski definition) is 2. The smallest absolute Gasteiger partial charge is 0.410 e. The summed E-state index contributed by atoms with van der Waals surface area (Å²) in [7, 11) is 0. The zero-order valence-electron chi connectivity index (χ0n) is 20.4. The number of piperidine rings is 1. The second-order valence-corrected chi connectivity index (χ2v) is 9.75. The van der Waals surface area contributed by atoms with E-state index in [9.17, 15) is 14.4 Å². The fourth-order valence-corrected chi connectivity index (χ4v) is 3.73. The van der Waals surface area contributed by atoms with E-state index in [1.54, 1.807) is 41.3 Å². The van der Waals surface area contributed by atoms with Gasteiger partial charge in [-0.3, -0.25) is 9.59 Å². The number of carbonyl (C=O) groups excluding carboxylic acids is 3. The highest BCUT2D eigenvalue weighted by Crippen LogP contribution is 2.25. The molecule has 3 amide bonds. The number of pyridine rings is 1. The molecule has 0 spiro atoms. The Balaban J connectivity index is 1.72. The van der Waals surface area contributed by atoms with Gasteiger partial charge in [0.2, 0.25) is 5.91 Å². The van der Waals surface area contributed by atoms with Gasteiger partial charge in [0, 0.05) is 31.3 Å². The summed E-state index contributed by atoms with van der Waals surface area (Å²) in [5, 5.41) is 14.8. The van der Waals surface area contributed by atoms with E-state index in [1.807, 2.05) is 26.8 Å². The van der Waals surface area contributed by atoms with Crippen LogP contribution >= 0.6 is 11.6 Å². The highest BCUT2D eigenvalue weighted by atomic mass is 35.5. The van der Waals surface area contributed by atoms with Crippen molar-refractivity contribution in [3.63, 3.8) is 0 Å². The molecule has 1 aromatic carbocycles. The van der Waals surface area contributed by atoms with E-state index in [-0.39, 0.29) is 17.4 Å². The summed E-state index contributed by atoms with van der Waals surface area (Å²) in [6.45, 7) is 6.23. The van der Waals surface area contributed by atoms with Crippen molar-refractivity contribution in [1.29, 1.82) is 5.26 Å². The molecule has 36 heavy (non-hydrogen) atoms. The number of halogens is 1. The maximum absolute atomic E-state index is 13.1. The Hall–Kier alpha value is -3.90. The molecule has 0 unspecified atom stereocenters. The van der Waals surface area contributed by atoms with Gasteiger partial charge in [0.05, 0.1) is 22.3 Å². The van der Waals surface area contributed by atoms with E-state index in [0.29, 0.717) is 48.0 Å². The minimum absolute atomic E-state index is 0.214. The number of amides is 3. The van der Waals surface area contributed by atoms with Crippen LogP contribution in [-0.4, -0.2) is 46.5 Å². The topological polar surface area (TPSA) is 124 Å². The zero-order valence-corrected chi connectivity index (χ0v) is 21.1. The largest absolute Gasteiger partial charge is 0.444 e. The number of anilines is 2. The van der Waals surface area contributed by atoms with Crippen LogP contribution in [0.25, 0.3) is 6.08 Å². The second kappa shape index (κ2) is 11.7. The van der Waals surface area contributed by atoms with Gasteiger partial charge in [-0.05, 0) is 69.5 Å². The third-order valence-corrected chi connectivity index (χ3v) is 5.61. The van der Waals surface area contributed by atoms with Crippen molar-refractivity contribution >= 4 is 47.1 Å². The van der Waals surface area contributed by atoms with Gasteiger partial charge in [0.25, 0.3) is 5.91 Å². The van der Waals surface area contributed by atoms with Crippen molar-refractivity contribution in [2.45, 2.75) is 39.2 Å². The summed E-state index contributed by atoms with van der Waals surface area (Å²) in [4.78, 5) is 44.1. The number of ether oxygens (including phenoxy) is 1. The molecule has 9 nitrogen and oxygen atoms in total. The van der Waals surface area contributed by atoms with Crippen molar-refractivity contribution < 1.29 is 19.1 Å². The van der Waals surface area contributed by atoms with Crippen LogP contribution in [0.4, 0.5) is 16.3 Å². The molecule has 188 valence electrons. The molecule has 0 bridgehead atoms. The molecular weight excluding hydrogens is 482 g/mol. The van der Waals surface area contributed by atoms with Gasteiger partial charge >= 0.3 is 6.09 Å². The first-order valence-corrected chi connectivity index (χ1v) is 11.9. The highest BCUT2D eigenvalue weighted by molar-refractivity contribution is 6.30. The highest BCUT2D eigenvalue weighted by Gasteiger charge is 2.30. The fourth-order valence-electron chi connectivity index (χ4n) is 3.61. The molecule has 1 aromatic heterocycles. The fraction of sp³-hybridized carbons (Fsp3) is 0.346. The standard InChI is InChI=1S/C26H28ClN5O4/c1-26(2,3)36-25(35)32-13-10-18(11-14-32)23(33)30-21-8-6-17(5-4-12-28)15-20(21)24(34)31-22-9-7-19(27)16-29-22/h4-9,15-16,18H,10-11,13-14H2,1-3H3,(H,30,33)(H,29,31,34). The van der Waals surface area contributed by atoms with Crippen LogP contribution in [0.3, 0.4) is 0 Å². The summed E-state index contributed by atoms with van der Waals surface area (Å²) >= 11 is 5.86. The third-order valence-electron chi connectivity index (χ3n) is 5.38. The van der Waals surface area contributed by atoms with Crippen molar-refractivity contribution in [1.82, 2.24) is 9.88 Å². The van der Waals surface area contributed by atoms with Crippen LogP contribution in [0.1, 0.15) is 49.5 Å². The summed E-state index contributed by atoms with van der Waals surface area (Å²) in [5.74, 6) is -0.741. The Kier molecular flexibility index (Phi) is 8.67. The van der Waals surface area contributed by atoms with Crippen LogP contribution in [-0.2, 0) is 9.53 Å². The van der Waals surface area contributed by atoms with E-state index in [2.05, 4.69) is 15.6 Å². The zero-order chi connectivity index (χ0) is 26.3. The molecular formula is C26H28ClN5O4. The van der Waals surface area contributed by atoms with Crippen molar-refractivity contribution in [3.8, 4) is 6.07 Å². The molecule has 3 rings (SSSR count). The summed E-state index contributed by atoms with van der Waals surface area (Å²) < 4.78 is 5.41. The number of hydrogen-bond acceptors (Lipinski definition) is 6. The number of benzene rings is 1. The normalized spacial score (nSPS) is 14.2. The Morgan fingerprint density at radius 2 is 1.89 bits per heavy atom. The maximum Gasteiger partial charge on any atom is 0.410 e. The first-order valence-electron chi connectivity index (χ1n) is 11.5. The molecule has 2 aromatic rings. The Morgan fingerprint density at radius 1 is 1.17 bits per heavy atom. The predicted octanol–water partition coefficient (Wildman–Crippen LogP) is 5.11. The van der Waals surface area contributed by atoms with Gasteiger partial charge < -0.3 is 20.3 Å². The monoisotopic (exact) mass is 509 g/mol. The third kappa shape index (κ3) is 7.55. The maximum atomic E-state index is 13.1. The Labute approximate surface area is 215 Å². The quantitative estimate of drug-likeness (QED) is 0.539. The molecule has 1 fully saturated rings. The van der Waals surface area contributed by atoms with Gasteiger partial charge in [-0.2, -0.15) is 5.26 Å². The van der Waals surface area contributed by atoms with E-state index in [4.69, 9.17) is 21.6 Å². The Bertz CT molecular complexity index is 1190. The minimum atomic E-state index is -0.585. The predicted molar refractivity (Wildman–Crippen MR) is 137 cm³/mol. The van der Waals surface area contributed by atoms with E-state index in [0.717, 1.165) is 0 Å². The molecule has 0 aliphatic carbocycles. The average molecular weight is 510 g/mol. The lowest BCUT2D eigenvalue weighted by molar-refractivity contribution is -0.121. The lowest BCUT2D eigenvalue weighted by Gasteiger charge is -2.33. The molecule has 1 aliphatic rings. The van der Waals surface area contributed by atoms with Crippen LogP contribution in [0.2, 0.25) is 5.02 Å². The van der Waals surface area contributed by atoms with Crippen LogP contribution < -0.4 is 10.6 Å². The van der Waals surface area contributed by atoms with Crippen LogP contribution in [0, 0.1) is 17.2 Å². The number of allylic oxidation sites excluding steroid dienone is 1. The first-order chi connectivity index (χ1) is 17.1. The van der Waals surface area contributed by atoms with Gasteiger partial charge in [-0.15, -0.1) is 0 Å². The summed E-state index contributed by atoms with van der Waals surface area (Å²) in [6, 6.07) is 9.98. The number of rotatable bonds is 5. The van der Waals surface area contributed by atoms with E-state index >= 15 is 0 Å². The van der Waals surface area contributed by atoms with E-state index < -0.39 is 17.6 Å². The summed E-state index contributed by atoms with van der Waals surface area (Å²) in [5.41, 5.74) is 0.578. The summed E-state index contributed by atoms with van der Waals surface area (Å²) in [6.07, 6.45) is 4.84. The molecule has 0 saturated carbocycles. The first kappa shape index (κ1) is 26.7. The number of nitrogens with zero attached hydrogens (tertiary/aromatic N) is 3. The SMILES string of the molecule is CC(C)(C)OC(=O)N1CCC(C(=O)Nc2ccc(C=CC#N)cc2C(=O)Nc2ccc(Cl)cn2)CC1. The lowest BCUT2D eigenvalue weighted by atomic mass is 9.95. The van der Waals surface area contributed by atoms with Crippen LogP contribution in [0.5, 0.6) is 0 Å². The molecule has 10 heteroatoms. The average Bonchev–Trinajstić information content (AvgIpc) is 2.83. The van der Waals surface area contributed by atoms with Crippen molar-refractivity contribution in [2.75, 3.05) is 23.7 Å². The van der Waals surface area contributed by atoms with Crippen molar-refractivity contribution in [2.24, 2.45) is 5.92 Å². The second-order valence-electron chi connectivity index (χ2n) is 9.31. The molecule has 2 heterocycles. The molecule has 1 aliphatic heterocycles. The van der Waals surface area contributed by atoms with E-state index in [1.165, 1.54) is 12.3 Å². The van der Waals surface area contributed by atoms with Crippen LogP contribution in [0.15, 0.2) is 42.6 Å². The number of nitrogens with one attached hydrogen (secondary N) is 2. The molecule has 0 atom stereocenters. The van der Waals surface area contributed by atoms with Crippen molar-refractivity contribution in [3.05, 3.63) is 58.8 Å². The number of likely N-dealkylation sites (tertiary alicyclic amines) is 1. The van der Waals surface area contributed by atoms with Gasteiger partial charge in [-0.1, -0.05) is 17.7 Å². The minimum Gasteiger partial charge on any atom is -0.444 e. The molecule has 2 N–H and O–H groups in total. The molecule has 0 radical (unpaired) electrons. The van der Waals surface area contributed by atoms with Gasteiger partial charge in [0.15, 0.2) is 0 Å². The number of aromatic nitrogens is 1. The van der Waals surface area contributed by atoms with Gasteiger partial charge in [-0.25, -0.2) is 9.78 Å². The molecule has 1 saturated heterocycles. The Morgan fingerprint density at radius 3 is 2.50 bits per heavy atom. The van der Waals surface area contributed by atoms with Gasteiger partial charge in [0.1, 0.15) is 11.4 Å². The lowest BCUT2D eigenvalue weighted by Crippen LogP contribution is -2.43. The number of nitriles is 1.